The largest absolute Gasteiger partial charge is 0.452 e. The van der Waals surface area contributed by atoms with E-state index in [0.717, 1.165) is 11.1 Å². The fourth-order valence-electron chi connectivity index (χ4n) is 2.06. The number of carbonyl (C=O) groups is 2. The second-order valence-electron chi connectivity index (χ2n) is 4.74. The molecule has 0 unspecified atom stereocenters. The summed E-state index contributed by atoms with van der Waals surface area (Å²) < 4.78 is 5.17. The summed E-state index contributed by atoms with van der Waals surface area (Å²) in [5.74, 6) is -1.73. The van der Waals surface area contributed by atoms with Gasteiger partial charge in [0.1, 0.15) is 5.92 Å². The Morgan fingerprint density at radius 1 is 0.905 bits per heavy atom. The lowest BCUT2D eigenvalue weighted by atomic mass is 9.91. The SMILES string of the molecule is C[C@@H](OC(=O)C(c1ccccc1)c1ccccc1)C(N)=O. The molecule has 1 amide bonds. The van der Waals surface area contributed by atoms with Crippen LogP contribution in [0.2, 0.25) is 0 Å². The molecule has 21 heavy (non-hydrogen) atoms. The molecule has 0 heterocycles. The van der Waals surface area contributed by atoms with Gasteiger partial charge < -0.3 is 10.5 Å². The van der Waals surface area contributed by atoms with Gasteiger partial charge in [-0.15, -0.1) is 0 Å². The van der Waals surface area contributed by atoms with E-state index >= 15 is 0 Å². The van der Waals surface area contributed by atoms with Crippen molar-refractivity contribution in [3.63, 3.8) is 0 Å². The topological polar surface area (TPSA) is 69.4 Å². The van der Waals surface area contributed by atoms with Gasteiger partial charge in [0.05, 0.1) is 0 Å². The van der Waals surface area contributed by atoms with Gasteiger partial charge >= 0.3 is 5.97 Å². The molecule has 0 radical (unpaired) electrons. The molecule has 0 aliphatic heterocycles. The summed E-state index contributed by atoms with van der Waals surface area (Å²) in [6, 6.07) is 18.6. The minimum absolute atomic E-state index is 0.487. The highest BCUT2D eigenvalue weighted by atomic mass is 16.5. The third-order valence-electron chi connectivity index (χ3n) is 3.20. The van der Waals surface area contributed by atoms with E-state index in [9.17, 15) is 9.59 Å². The average molecular weight is 283 g/mol. The Morgan fingerprint density at radius 2 is 1.33 bits per heavy atom. The summed E-state index contributed by atoms with van der Waals surface area (Å²) in [5, 5.41) is 0. The van der Waals surface area contributed by atoms with Gasteiger partial charge in [0.25, 0.3) is 5.91 Å². The van der Waals surface area contributed by atoms with E-state index < -0.39 is 23.9 Å². The van der Waals surface area contributed by atoms with Crippen LogP contribution < -0.4 is 5.73 Å². The van der Waals surface area contributed by atoms with Crippen molar-refractivity contribution in [2.45, 2.75) is 18.9 Å². The van der Waals surface area contributed by atoms with Crippen molar-refractivity contribution < 1.29 is 14.3 Å². The van der Waals surface area contributed by atoms with E-state index in [1.807, 2.05) is 60.7 Å². The van der Waals surface area contributed by atoms with Crippen LogP contribution >= 0.6 is 0 Å². The molecule has 2 rings (SSSR count). The van der Waals surface area contributed by atoms with Crippen LogP contribution in [0.3, 0.4) is 0 Å². The van der Waals surface area contributed by atoms with Crippen LogP contribution in [-0.4, -0.2) is 18.0 Å². The number of amides is 1. The highest BCUT2D eigenvalue weighted by molar-refractivity contribution is 5.86. The van der Waals surface area contributed by atoms with Crippen molar-refractivity contribution in [1.29, 1.82) is 0 Å². The summed E-state index contributed by atoms with van der Waals surface area (Å²) in [6.07, 6.45) is -0.951. The van der Waals surface area contributed by atoms with Crippen molar-refractivity contribution in [1.82, 2.24) is 0 Å². The van der Waals surface area contributed by atoms with Crippen molar-refractivity contribution >= 4 is 11.9 Å². The zero-order chi connectivity index (χ0) is 15.2. The van der Waals surface area contributed by atoms with Crippen molar-refractivity contribution in [3.8, 4) is 0 Å². The van der Waals surface area contributed by atoms with Gasteiger partial charge in [0.15, 0.2) is 6.10 Å². The Balaban J connectivity index is 2.33. The van der Waals surface area contributed by atoms with Crippen LogP contribution in [0.4, 0.5) is 0 Å². The summed E-state index contributed by atoms with van der Waals surface area (Å²) in [5.41, 5.74) is 6.77. The molecule has 2 aromatic carbocycles. The maximum Gasteiger partial charge on any atom is 0.318 e. The Kier molecular flexibility index (Phi) is 4.72. The molecule has 0 fully saturated rings. The molecule has 0 aliphatic carbocycles. The van der Waals surface area contributed by atoms with Crippen LogP contribution in [0.5, 0.6) is 0 Å². The molecule has 108 valence electrons. The van der Waals surface area contributed by atoms with Crippen molar-refractivity contribution in [3.05, 3.63) is 71.8 Å². The number of primary amides is 1. The summed E-state index contributed by atoms with van der Waals surface area (Å²) in [4.78, 5) is 23.5. The van der Waals surface area contributed by atoms with E-state index in [0.29, 0.717) is 0 Å². The summed E-state index contributed by atoms with van der Waals surface area (Å²) >= 11 is 0. The number of hydrogen-bond acceptors (Lipinski definition) is 3. The third kappa shape index (κ3) is 3.69. The van der Waals surface area contributed by atoms with E-state index in [1.165, 1.54) is 6.92 Å². The number of nitrogens with two attached hydrogens (primary N) is 1. The average Bonchev–Trinajstić information content (AvgIpc) is 2.49. The molecule has 4 nitrogen and oxygen atoms in total. The number of esters is 1. The van der Waals surface area contributed by atoms with Crippen LogP contribution in [0, 0.1) is 0 Å². The lowest BCUT2D eigenvalue weighted by Crippen LogP contribution is -2.32. The molecule has 0 aliphatic rings. The monoisotopic (exact) mass is 283 g/mol. The van der Waals surface area contributed by atoms with E-state index in [2.05, 4.69) is 0 Å². The van der Waals surface area contributed by atoms with Gasteiger partial charge in [-0.3, -0.25) is 9.59 Å². The first-order valence-electron chi connectivity index (χ1n) is 6.69. The lowest BCUT2D eigenvalue weighted by molar-refractivity contribution is -0.154. The first-order valence-corrected chi connectivity index (χ1v) is 6.69. The van der Waals surface area contributed by atoms with Crippen LogP contribution in [0.25, 0.3) is 0 Å². The number of hydrogen-bond donors (Lipinski definition) is 1. The van der Waals surface area contributed by atoms with Crippen LogP contribution in [0.1, 0.15) is 24.0 Å². The van der Waals surface area contributed by atoms with Crippen LogP contribution in [0.15, 0.2) is 60.7 Å². The molecule has 0 bridgehead atoms. The standard InChI is InChI=1S/C17H17NO3/c1-12(16(18)19)21-17(20)15(13-8-4-2-5-9-13)14-10-6-3-7-11-14/h2-12,15H,1H3,(H2,18,19)/t12-/m1/s1. The Bertz CT molecular complexity index is 571. The smallest absolute Gasteiger partial charge is 0.318 e. The maximum atomic E-state index is 12.4. The predicted molar refractivity (Wildman–Crippen MR) is 79.5 cm³/mol. The minimum Gasteiger partial charge on any atom is -0.452 e. The third-order valence-corrected chi connectivity index (χ3v) is 3.20. The fraction of sp³-hybridized carbons (Fsp3) is 0.176. The number of ether oxygens (including phenoxy) is 1. The minimum atomic E-state index is -0.951. The zero-order valence-electron chi connectivity index (χ0n) is 11.7. The highest BCUT2D eigenvalue weighted by Crippen LogP contribution is 2.26. The van der Waals surface area contributed by atoms with Gasteiger partial charge in [-0.2, -0.15) is 0 Å². The number of benzene rings is 2. The Labute approximate surface area is 123 Å². The summed E-state index contributed by atoms with van der Waals surface area (Å²) in [6.45, 7) is 1.47. The number of carbonyl (C=O) groups excluding carboxylic acids is 2. The van der Waals surface area contributed by atoms with Crippen molar-refractivity contribution in [2.24, 2.45) is 5.73 Å². The highest BCUT2D eigenvalue weighted by Gasteiger charge is 2.26. The zero-order valence-corrected chi connectivity index (χ0v) is 11.7. The molecule has 1 atom stereocenters. The molecular weight excluding hydrogens is 266 g/mol. The Hall–Kier alpha value is -2.62. The van der Waals surface area contributed by atoms with E-state index in [4.69, 9.17) is 10.5 Å². The molecule has 0 saturated heterocycles. The van der Waals surface area contributed by atoms with Gasteiger partial charge in [-0.25, -0.2) is 0 Å². The van der Waals surface area contributed by atoms with Gasteiger partial charge in [-0.05, 0) is 18.1 Å². The fourth-order valence-corrected chi connectivity index (χ4v) is 2.06. The molecule has 4 heteroatoms. The quantitative estimate of drug-likeness (QED) is 0.855. The first-order chi connectivity index (χ1) is 10.1. The predicted octanol–water partition coefficient (Wildman–Crippen LogP) is 2.24. The molecule has 0 aromatic heterocycles. The maximum absolute atomic E-state index is 12.4. The molecule has 0 saturated carbocycles. The second-order valence-corrected chi connectivity index (χ2v) is 4.74. The van der Waals surface area contributed by atoms with Gasteiger partial charge in [0.2, 0.25) is 0 Å². The second kappa shape index (κ2) is 6.70. The Morgan fingerprint density at radius 3 is 1.71 bits per heavy atom. The van der Waals surface area contributed by atoms with Gasteiger partial charge in [0, 0.05) is 0 Å². The van der Waals surface area contributed by atoms with E-state index in [1.54, 1.807) is 0 Å². The molecular formula is C17H17NO3. The molecule has 0 spiro atoms. The van der Waals surface area contributed by atoms with Crippen molar-refractivity contribution in [2.75, 3.05) is 0 Å². The normalized spacial score (nSPS) is 11.9. The lowest BCUT2D eigenvalue weighted by Gasteiger charge is -2.19. The van der Waals surface area contributed by atoms with Crippen LogP contribution in [-0.2, 0) is 14.3 Å². The molecule has 2 aromatic rings. The molecule has 2 N–H and O–H groups in total. The number of rotatable bonds is 5. The van der Waals surface area contributed by atoms with Gasteiger partial charge in [-0.1, -0.05) is 60.7 Å². The van der Waals surface area contributed by atoms with E-state index in [-0.39, 0.29) is 0 Å². The first kappa shape index (κ1) is 14.8. The summed E-state index contributed by atoms with van der Waals surface area (Å²) in [7, 11) is 0.